The van der Waals surface area contributed by atoms with Crippen molar-refractivity contribution in [1.82, 2.24) is 4.90 Å². The number of hydrogen-bond acceptors (Lipinski definition) is 4. The van der Waals surface area contributed by atoms with Crippen molar-refractivity contribution >= 4 is 0 Å². The predicted octanol–water partition coefficient (Wildman–Crippen LogP) is 0.885. The normalized spacial score (nSPS) is 22.9. The number of ether oxygens (including phenoxy) is 2. The fourth-order valence-electron chi connectivity index (χ4n) is 1.94. The maximum atomic E-state index is 9.75. The molecule has 0 spiro atoms. The highest BCUT2D eigenvalue weighted by atomic mass is 16.5. The summed E-state index contributed by atoms with van der Waals surface area (Å²) in [4.78, 5) is 2.19. The van der Waals surface area contributed by atoms with Gasteiger partial charge in [-0.2, -0.15) is 0 Å². The van der Waals surface area contributed by atoms with E-state index in [1.54, 1.807) is 0 Å². The molecule has 1 saturated heterocycles. The monoisotopic (exact) mass is 231 g/mol. The second-order valence-corrected chi connectivity index (χ2v) is 4.31. The molecule has 1 fully saturated rings. The molecule has 0 saturated carbocycles. The SMILES string of the molecule is CCN(CC)CC(O)COCC1CCCO1. The van der Waals surface area contributed by atoms with Gasteiger partial charge in [-0.1, -0.05) is 13.8 Å². The van der Waals surface area contributed by atoms with Crippen LogP contribution < -0.4 is 0 Å². The standard InChI is InChI=1S/C12H25NO3/c1-3-13(4-2)8-11(14)9-15-10-12-6-5-7-16-12/h11-12,14H,3-10H2,1-2H3. The van der Waals surface area contributed by atoms with Crippen LogP contribution >= 0.6 is 0 Å². The highest BCUT2D eigenvalue weighted by Gasteiger charge is 2.16. The number of nitrogens with zero attached hydrogens (tertiary/aromatic N) is 1. The molecule has 0 amide bonds. The predicted molar refractivity (Wildman–Crippen MR) is 63.6 cm³/mol. The van der Waals surface area contributed by atoms with Crippen molar-refractivity contribution in [2.45, 2.75) is 38.9 Å². The minimum Gasteiger partial charge on any atom is -0.389 e. The van der Waals surface area contributed by atoms with Crippen LogP contribution in [0.4, 0.5) is 0 Å². The fourth-order valence-corrected chi connectivity index (χ4v) is 1.94. The summed E-state index contributed by atoms with van der Waals surface area (Å²) in [7, 11) is 0. The Morgan fingerprint density at radius 3 is 2.75 bits per heavy atom. The Kier molecular flexibility index (Phi) is 6.96. The van der Waals surface area contributed by atoms with Crippen LogP contribution in [0.15, 0.2) is 0 Å². The first kappa shape index (κ1) is 13.9. The van der Waals surface area contributed by atoms with Crippen molar-refractivity contribution in [2.75, 3.05) is 39.5 Å². The summed E-state index contributed by atoms with van der Waals surface area (Å²) in [6, 6.07) is 0. The highest BCUT2D eigenvalue weighted by molar-refractivity contribution is 4.65. The Bertz CT molecular complexity index is 168. The largest absolute Gasteiger partial charge is 0.389 e. The summed E-state index contributed by atoms with van der Waals surface area (Å²) in [5.41, 5.74) is 0. The summed E-state index contributed by atoms with van der Waals surface area (Å²) < 4.78 is 10.9. The van der Waals surface area contributed by atoms with Crippen molar-refractivity contribution in [3.05, 3.63) is 0 Å². The molecule has 0 aromatic heterocycles. The Balaban J connectivity index is 2.02. The van der Waals surface area contributed by atoms with Crippen LogP contribution in [0.5, 0.6) is 0 Å². The molecule has 2 unspecified atom stereocenters. The van der Waals surface area contributed by atoms with Crippen molar-refractivity contribution in [3.8, 4) is 0 Å². The molecular formula is C12H25NO3. The molecule has 96 valence electrons. The molecule has 16 heavy (non-hydrogen) atoms. The molecule has 0 radical (unpaired) electrons. The second kappa shape index (κ2) is 8.01. The Labute approximate surface area is 98.5 Å². The van der Waals surface area contributed by atoms with Crippen molar-refractivity contribution < 1.29 is 14.6 Å². The van der Waals surface area contributed by atoms with Crippen LogP contribution in [0.1, 0.15) is 26.7 Å². The zero-order valence-electron chi connectivity index (χ0n) is 10.5. The van der Waals surface area contributed by atoms with Crippen LogP contribution in [-0.4, -0.2) is 61.7 Å². The third kappa shape index (κ3) is 5.25. The first-order valence-electron chi connectivity index (χ1n) is 6.36. The highest BCUT2D eigenvalue weighted by Crippen LogP contribution is 2.11. The minimum absolute atomic E-state index is 0.251. The van der Waals surface area contributed by atoms with E-state index in [-0.39, 0.29) is 12.2 Å². The third-order valence-electron chi connectivity index (χ3n) is 3.00. The van der Waals surface area contributed by atoms with Gasteiger partial charge in [-0.25, -0.2) is 0 Å². The van der Waals surface area contributed by atoms with Gasteiger partial charge in [0, 0.05) is 13.2 Å². The lowest BCUT2D eigenvalue weighted by atomic mass is 10.2. The summed E-state index contributed by atoms with van der Waals surface area (Å²) in [6.07, 6.45) is 2.09. The van der Waals surface area contributed by atoms with Crippen LogP contribution in [-0.2, 0) is 9.47 Å². The van der Waals surface area contributed by atoms with E-state index in [0.717, 1.165) is 32.5 Å². The molecule has 0 aromatic rings. The van der Waals surface area contributed by atoms with Gasteiger partial charge in [-0.05, 0) is 25.9 Å². The Morgan fingerprint density at radius 1 is 1.44 bits per heavy atom. The van der Waals surface area contributed by atoms with Crippen molar-refractivity contribution in [2.24, 2.45) is 0 Å². The van der Waals surface area contributed by atoms with Crippen LogP contribution in [0, 0.1) is 0 Å². The lowest BCUT2D eigenvalue weighted by molar-refractivity contribution is -0.0244. The fraction of sp³-hybridized carbons (Fsp3) is 1.00. The molecule has 0 bridgehead atoms. The summed E-state index contributed by atoms with van der Waals surface area (Å²) >= 11 is 0. The Morgan fingerprint density at radius 2 is 2.19 bits per heavy atom. The van der Waals surface area contributed by atoms with Crippen LogP contribution in [0.3, 0.4) is 0 Å². The lowest BCUT2D eigenvalue weighted by Crippen LogP contribution is -2.35. The molecule has 1 N–H and O–H groups in total. The summed E-state index contributed by atoms with van der Waals surface area (Å²) in [5, 5.41) is 9.75. The maximum absolute atomic E-state index is 9.75. The van der Waals surface area contributed by atoms with Gasteiger partial charge in [0.15, 0.2) is 0 Å². The zero-order chi connectivity index (χ0) is 11.8. The maximum Gasteiger partial charge on any atom is 0.0900 e. The number of rotatable bonds is 8. The number of aliphatic hydroxyl groups excluding tert-OH is 1. The van der Waals surface area contributed by atoms with Gasteiger partial charge in [0.05, 0.1) is 25.4 Å². The summed E-state index contributed by atoms with van der Waals surface area (Å²) in [6.45, 7) is 8.73. The van der Waals surface area contributed by atoms with Crippen LogP contribution in [0.25, 0.3) is 0 Å². The molecule has 1 aliphatic heterocycles. The first-order valence-corrected chi connectivity index (χ1v) is 6.36. The minimum atomic E-state index is -0.388. The second-order valence-electron chi connectivity index (χ2n) is 4.31. The topological polar surface area (TPSA) is 41.9 Å². The van der Waals surface area contributed by atoms with Gasteiger partial charge < -0.3 is 19.5 Å². The van der Waals surface area contributed by atoms with E-state index in [1.165, 1.54) is 0 Å². The summed E-state index contributed by atoms with van der Waals surface area (Å²) in [5.74, 6) is 0. The average Bonchev–Trinajstić information content (AvgIpc) is 2.79. The van der Waals surface area contributed by atoms with E-state index in [4.69, 9.17) is 9.47 Å². The van der Waals surface area contributed by atoms with Gasteiger partial charge in [0.25, 0.3) is 0 Å². The molecule has 4 nitrogen and oxygen atoms in total. The quantitative estimate of drug-likeness (QED) is 0.673. The van der Waals surface area contributed by atoms with E-state index >= 15 is 0 Å². The third-order valence-corrected chi connectivity index (χ3v) is 3.00. The van der Waals surface area contributed by atoms with E-state index in [9.17, 15) is 5.11 Å². The van der Waals surface area contributed by atoms with Gasteiger partial charge >= 0.3 is 0 Å². The zero-order valence-corrected chi connectivity index (χ0v) is 10.5. The van der Waals surface area contributed by atoms with Gasteiger partial charge in [-0.3, -0.25) is 0 Å². The van der Waals surface area contributed by atoms with Crippen molar-refractivity contribution in [3.63, 3.8) is 0 Å². The smallest absolute Gasteiger partial charge is 0.0900 e. The van der Waals surface area contributed by atoms with E-state index in [0.29, 0.717) is 19.8 Å². The Hall–Kier alpha value is -0.160. The molecule has 1 rings (SSSR count). The molecule has 4 heteroatoms. The molecule has 0 aliphatic carbocycles. The van der Waals surface area contributed by atoms with E-state index in [2.05, 4.69) is 18.7 Å². The molecule has 1 aliphatic rings. The number of likely N-dealkylation sites (N-methyl/N-ethyl adjacent to an activating group) is 1. The van der Waals surface area contributed by atoms with Crippen LogP contribution in [0.2, 0.25) is 0 Å². The van der Waals surface area contributed by atoms with E-state index in [1.807, 2.05) is 0 Å². The number of aliphatic hydroxyl groups is 1. The lowest BCUT2D eigenvalue weighted by Gasteiger charge is -2.22. The van der Waals surface area contributed by atoms with Gasteiger partial charge in [0.2, 0.25) is 0 Å². The van der Waals surface area contributed by atoms with Crippen molar-refractivity contribution in [1.29, 1.82) is 0 Å². The number of hydrogen-bond donors (Lipinski definition) is 1. The molecule has 2 atom stereocenters. The molecule has 0 aromatic carbocycles. The first-order chi connectivity index (χ1) is 7.76. The average molecular weight is 231 g/mol. The molecular weight excluding hydrogens is 206 g/mol. The van der Waals surface area contributed by atoms with E-state index < -0.39 is 0 Å². The van der Waals surface area contributed by atoms with Gasteiger partial charge in [-0.15, -0.1) is 0 Å². The molecule has 1 heterocycles. The van der Waals surface area contributed by atoms with Gasteiger partial charge in [0.1, 0.15) is 0 Å².